The van der Waals surface area contributed by atoms with E-state index in [0.29, 0.717) is 0 Å². The highest BCUT2D eigenvalue weighted by atomic mass is 16.5. The van der Waals surface area contributed by atoms with Crippen molar-refractivity contribution in [3.63, 3.8) is 0 Å². The van der Waals surface area contributed by atoms with Crippen LogP contribution in [0.15, 0.2) is 42.5 Å². The lowest BCUT2D eigenvalue weighted by Crippen LogP contribution is -2.13. The second-order valence-corrected chi connectivity index (χ2v) is 5.19. The summed E-state index contributed by atoms with van der Waals surface area (Å²) in [7, 11) is 0. The van der Waals surface area contributed by atoms with Crippen molar-refractivity contribution in [1.82, 2.24) is 5.32 Å². The summed E-state index contributed by atoms with van der Waals surface area (Å²) < 4.78 is 5.92. The molecule has 2 nitrogen and oxygen atoms in total. The molecule has 2 aromatic rings. The van der Waals surface area contributed by atoms with E-state index >= 15 is 0 Å². The quantitative estimate of drug-likeness (QED) is 0.774. The Hall–Kier alpha value is -1.80. The maximum absolute atomic E-state index is 5.92. The Kier molecular flexibility index (Phi) is 5.19. The van der Waals surface area contributed by atoms with Gasteiger partial charge in [0.15, 0.2) is 0 Å². The summed E-state index contributed by atoms with van der Waals surface area (Å²) in [6.45, 7) is 8.31. The summed E-state index contributed by atoms with van der Waals surface area (Å²) in [5.74, 6) is 1.81. The Morgan fingerprint density at radius 3 is 2.40 bits per heavy atom. The monoisotopic (exact) mass is 269 g/mol. The third-order valence-electron chi connectivity index (χ3n) is 3.24. The van der Waals surface area contributed by atoms with E-state index in [-0.39, 0.29) is 0 Å². The second-order valence-electron chi connectivity index (χ2n) is 5.19. The van der Waals surface area contributed by atoms with Crippen LogP contribution in [0.1, 0.15) is 30.0 Å². The molecule has 0 amide bonds. The lowest BCUT2D eigenvalue weighted by atomic mass is 10.1. The van der Waals surface area contributed by atoms with Gasteiger partial charge in [-0.1, -0.05) is 36.8 Å². The van der Waals surface area contributed by atoms with Crippen LogP contribution in [0.5, 0.6) is 11.5 Å². The fourth-order valence-electron chi connectivity index (χ4n) is 2.13. The lowest BCUT2D eigenvalue weighted by molar-refractivity contribution is 0.478. The van der Waals surface area contributed by atoms with Gasteiger partial charge in [0.25, 0.3) is 0 Å². The van der Waals surface area contributed by atoms with Gasteiger partial charge in [-0.25, -0.2) is 0 Å². The molecular formula is C18H23NO. The Morgan fingerprint density at radius 2 is 1.75 bits per heavy atom. The molecule has 0 atom stereocenters. The van der Waals surface area contributed by atoms with E-state index in [4.69, 9.17) is 4.74 Å². The summed E-state index contributed by atoms with van der Waals surface area (Å²) in [5.41, 5.74) is 3.71. The number of aryl methyl sites for hydroxylation is 2. The molecule has 0 spiro atoms. The first-order valence-corrected chi connectivity index (χ1v) is 7.24. The molecule has 0 saturated heterocycles. The first-order chi connectivity index (χ1) is 9.69. The Morgan fingerprint density at radius 1 is 1.00 bits per heavy atom. The summed E-state index contributed by atoms with van der Waals surface area (Å²) in [5, 5.41) is 3.40. The molecule has 0 radical (unpaired) electrons. The molecule has 0 unspecified atom stereocenters. The van der Waals surface area contributed by atoms with Gasteiger partial charge < -0.3 is 10.1 Å². The van der Waals surface area contributed by atoms with Gasteiger partial charge in [-0.15, -0.1) is 0 Å². The molecule has 1 N–H and O–H groups in total. The standard InChI is InChI=1S/C18H23NO/c1-4-11-19-13-16-6-8-17(9-7-16)20-18-10-5-14(2)12-15(18)3/h5-10,12,19H,4,11,13H2,1-3H3. The van der Waals surface area contributed by atoms with Crippen LogP contribution in [0.25, 0.3) is 0 Å². The molecule has 0 aromatic heterocycles. The Balaban J connectivity index is 1.99. The molecule has 0 heterocycles. The molecular weight excluding hydrogens is 246 g/mol. The minimum absolute atomic E-state index is 0.885. The second kappa shape index (κ2) is 7.11. The minimum atomic E-state index is 0.885. The van der Waals surface area contributed by atoms with E-state index in [1.54, 1.807) is 0 Å². The topological polar surface area (TPSA) is 21.3 Å². The van der Waals surface area contributed by atoms with Gasteiger partial charge in [-0.3, -0.25) is 0 Å². The van der Waals surface area contributed by atoms with Gasteiger partial charge in [-0.05, 0) is 56.1 Å². The zero-order valence-electron chi connectivity index (χ0n) is 12.6. The normalized spacial score (nSPS) is 10.6. The molecule has 0 saturated carbocycles. The van der Waals surface area contributed by atoms with Crippen LogP contribution in [-0.2, 0) is 6.54 Å². The minimum Gasteiger partial charge on any atom is -0.457 e. The van der Waals surface area contributed by atoms with Gasteiger partial charge in [-0.2, -0.15) is 0 Å². The highest BCUT2D eigenvalue weighted by Gasteiger charge is 2.02. The van der Waals surface area contributed by atoms with Crippen molar-refractivity contribution in [2.75, 3.05) is 6.54 Å². The number of benzene rings is 2. The molecule has 0 aliphatic carbocycles. The van der Waals surface area contributed by atoms with Crippen molar-refractivity contribution in [2.24, 2.45) is 0 Å². The third kappa shape index (κ3) is 4.10. The first kappa shape index (κ1) is 14.6. The smallest absolute Gasteiger partial charge is 0.130 e. The number of ether oxygens (including phenoxy) is 1. The van der Waals surface area contributed by atoms with E-state index in [1.807, 2.05) is 18.2 Å². The third-order valence-corrected chi connectivity index (χ3v) is 3.24. The van der Waals surface area contributed by atoms with E-state index < -0.39 is 0 Å². The van der Waals surface area contributed by atoms with Gasteiger partial charge >= 0.3 is 0 Å². The fourth-order valence-corrected chi connectivity index (χ4v) is 2.13. The van der Waals surface area contributed by atoms with Crippen molar-refractivity contribution in [3.8, 4) is 11.5 Å². The van der Waals surface area contributed by atoms with Gasteiger partial charge in [0.05, 0.1) is 0 Å². The SMILES string of the molecule is CCCNCc1ccc(Oc2ccc(C)cc2C)cc1. The molecule has 0 fully saturated rings. The summed E-state index contributed by atoms with van der Waals surface area (Å²) in [4.78, 5) is 0. The summed E-state index contributed by atoms with van der Waals surface area (Å²) in [6.07, 6.45) is 1.16. The van der Waals surface area contributed by atoms with Crippen LogP contribution in [0.3, 0.4) is 0 Å². The van der Waals surface area contributed by atoms with Crippen LogP contribution in [-0.4, -0.2) is 6.54 Å². The van der Waals surface area contributed by atoms with Crippen LogP contribution in [0, 0.1) is 13.8 Å². The largest absolute Gasteiger partial charge is 0.457 e. The maximum atomic E-state index is 5.92. The van der Waals surface area contributed by atoms with Gasteiger partial charge in [0.2, 0.25) is 0 Å². The van der Waals surface area contributed by atoms with Crippen LogP contribution >= 0.6 is 0 Å². The van der Waals surface area contributed by atoms with E-state index in [9.17, 15) is 0 Å². The molecule has 2 rings (SSSR count). The Labute approximate surface area is 121 Å². The highest BCUT2D eigenvalue weighted by molar-refractivity contribution is 5.39. The number of rotatable bonds is 6. The molecule has 2 aromatic carbocycles. The molecule has 2 heteroatoms. The molecule has 20 heavy (non-hydrogen) atoms. The van der Waals surface area contributed by atoms with Crippen LogP contribution < -0.4 is 10.1 Å². The predicted molar refractivity (Wildman–Crippen MR) is 84.4 cm³/mol. The number of nitrogens with one attached hydrogen (secondary N) is 1. The fraction of sp³-hybridized carbons (Fsp3) is 0.333. The number of hydrogen-bond donors (Lipinski definition) is 1. The van der Waals surface area contributed by atoms with Crippen molar-refractivity contribution in [1.29, 1.82) is 0 Å². The molecule has 0 bridgehead atoms. The van der Waals surface area contributed by atoms with Crippen molar-refractivity contribution < 1.29 is 4.74 Å². The maximum Gasteiger partial charge on any atom is 0.130 e. The van der Waals surface area contributed by atoms with Crippen LogP contribution in [0.4, 0.5) is 0 Å². The highest BCUT2D eigenvalue weighted by Crippen LogP contribution is 2.25. The lowest BCUT2D eigenvalue weighted by Gasteiger charge is -2.10. The van der Waals surface area contributed by atoms with E-state index in [2.05, 4.69) is 50.4 Å². The van der Waals surface area contributed by atoms with Crippen molar-refractivity contribution in [2.45, 2.75) is 33.7 Å². The average molecular weight is 269 g/mol. The van der Waals surface area contributed by atoms with Gasteiger partial charge in [0.1, 0.15) is 11.5 Å². The Bertz CT molecular complexity index is 546. The van der Waals surface area contributed by atoms with E-state index in [0.717, 1.165) is 31.0 Å². The number of hydrogen-bond acceptors (Lipinski definition) is 2. The van der Waals surface area contributed by atoms with Crippen LogP contribution in [0.2, 0.25) is 0 Å². The zero-order valence-corrected chi connectivity index (χ0v) is 12.6. The first-order valence-electron chi connectivity index (χ1n) is 7.24. The summed E-state index contributed by atoms with van der Waals surface area (Å²) >= 11 is 0. The van der Waals surface area contributed by atoms with Gasteiger partial charge in [0, 0.05) is 6.54 Å². The molecule has 0 aliphatic rings. The average Bonchev–Trinajstić information content (AvgIpc) is 2.44. The summed E-state index contributed by atoms with van der Waals surface area (Å²) in [6, 6.07) is 14.5. The molecule has 106 valence electrons. The van der Waals surface area contributed by atoms with Crippen molar-refractivity contribution >= 4 is 0 Å². The molecule has 0 aliphatic heterocycles. The van der Waals surface area contributed by atoms with Crippen molar-refractivity contribution in [3.05, 3.63) is 59.2 Å². The zero-order chi connectivity index (χ0) is 14.4. The predicted octanol–water partition coefficient (Wildman–Crippen LogP) is 4.60. The van der Waals surface area contributed by atoms with E-state index in [1.165, 1.54) is 16.7 Å².